The van der Waals surface area contributed by atoms with Crippen molar-refractivity contribution in [3.8, 4) is 5.75 Å². The average molecular weight is 305 g/mol. The molecule has 1 unspecified atom stereocenters. The van der Waals surface area contributed by atoms with Crippen LogP contribution < -0.4 is 11.1 Å². The molecule has 2 aromatic carbocycles. The number of halogens is 1. The predicted octanol–water partition coefficient (Wildman–Crippen LogP) is 3.30. The summed E-state index contributed by atoms with van der Waals surface area (Å²) in [5.74, 6) is -0.261. The highest BCUT2D eigenvalue weighted by Gasteiger charge is 2.19. The standard InChI is InChI=1S/C16H17ClN2O2/c1-9-7-11(8-10(2)15(9)20)14(16(18)21)19-13-5-3-12(17)4-6-13/h3-8,14,19-20H,1-2H3,(H2,18,21). The molecule has 5 heteroatoms. The fourth-order valence-electron chi connectivity index (χ4n) is 2.19. The molecule has 0 heterocycles. The first-order valence-electron chi connectivity index (χ1n) is 6.50. The molecule has 0 aromatic heterocycles. The minimum atomic E-state index is -0.677. The van der Waals surface area contributed by atoms with Crippen LogP contribution in [0.5, 0.6) is 5.75 Å². The minimum absolute atomic E-state index is 0.230. The summed E-state index contributed by atoms with van der Waals surface area (Å²) in [6.07, 6.45) is 0. The molecule has 4 N–H and O–H groups in total. The molecule has 2 aromatic rings. The van der Waals surface area contributed by atoms with Gasteiger partial charge in [0, 0.05) is 10.7 Å². The van der Waals surface area contributed by atoms with Crippen molar-refractivity contribution < 1.29 is 9.90 Å². The number of phenols is 1. The number of primary amides is 1. The predicted molar refractivity (Wildman–Crippen MR) is 84.6 cm³/mol. The molecule has 1 amide bonds. The van der Waals surface area contributed by atoms with Crippen molar-refractivity contribution in [1.29, 1.82) is 0 Å². The van der Waals surface area contributed by atoms with Gasteiger partial charge < -0.3 is 16.2 Å². The Bertz CT molecular complexity index is 645. The van der Waals surface area contributed by atoms with Crippen LogP contribution in [0, 0.1) is 13.8 Å². The van der Waals surface area contributed by atoms with Crippen molar-refractivity contribution in [2.75, 3.05) is 5.32 Å². The summed E-state index contributed by atoms with van der Waals surface area (Å²) >= 11 is 5.84. The molecule has 1 atom stereocenters. The molecule has 21 heavy (non-hydrogen) atoms. The Kier molecular flexibility index (Phi) is 4.38. The zero-order valence-electron chi connectivity index (χ0n) is 11.9. The molecule has 0 aliphatic rings. The highest BCUT2D eigenvalue weighted by Crippen LogP contribution is 2.28. The minimum Gasteiger partial charge on any atom is -0.507 e. The summed E-state index contributed by atoms with van der Waals surface area (Å²) in [6.45, 7) is 3.57. The van der Waals surface area contributed by atoms with Crippen molar-refractivity contribution in [2.24, 2.45) is 5.73 Å². The summed E-state index contributed by atoms with van der Waals surface area (Å²) in [4.78, 5) is 11.7. The van der Waals surface area contributed by atoms with Crippen LogP contribution in [0.15, 0.2) is 36.4 Å². The number of nitrogens with two attached hydrogens (primary N) is 1. The Morgan fingerprint density at radius 3 is 2.19 bits per heavy atom. The van der Waals surface area contributed by atoms with Gasteiger partial charge in [-0.25, -0.2) is 0 Å². The number of aryl methyl sites for hydroxylation is 2. The third-order valence-corrected chi connectivity index (χ3v) is 3.54. The van der Waals surface area contributed by atoms with Crippen LogP contribution in [-0.2, 0) is 4.79 Å². The number of phenolic OH excluding ortho intramolecular Hbond substituents is 1. The summed E-state index contributed by atoms with van der Waals surface area (Å²) < 4.78 is 0. The molecule has 0 saturated heterocycles. The largest absolute Gasteiger partial charge is 0.507 e. The average Bonchev–Trinajstić information content (AvgIpc) is 2.43. The van der Waals surface area contributed by atoms with E-state index in [1.54, 1.807) is 50.2 Å². The van der Waals surface area contributed by atoms with Gasteiger partial charge >= 0.3 is 0 Å². The lowest BCUT2D eigenvalue weighted by Gasteiger charge is -2.19. The van der Waals surface area contributed by atoms with Crippen LogP contribution in [0.4, 0.5) is 5.69 Å². The van der Waals surface area contributed by atoms with E-state index in [4.69, 9.17) is 17.3 Å². The maximum Gasteiger partial charge on any atom is 0.244 e. The molecular weight excluding hydrogens is 288 g/mol. The number of nitrogens with one attached hydrogen (secondary N) is 1. The van der Waals surface area contributed by atoms with Gasteiger partial charge in [-0.15, -0.1) is 0 Å². The van der Waals surface area contributed by atoms with Gasteiger partial charge in [0.15, 0.2) is 0 Å². The summed E-state index contributed by atoms with van der Waals surface area (Å²) in [5, 5.41) is 13.5. The van der Waals surface area contributed by atoms with Gasteiger partial charge in [0.25, 0.3) is 0 Å². The number of rotatable bonds is 4. The van der Waals surface area contributed by atoms with E-state index in [9.17, 15) is 9.90 Å². The lowest BCUT2D eigenvalue weighted by molar-refractivity contribution is -0.118. The molecule has 0 radical (unpaired) electrons. The lowest BCUT2D eigenvalue weighted by Crippen LogP contribution is -2.27. The lowest BCUT2D eigenvalue weighted by atomic mass is 9.99. The maximum absolute atomic E-state index is 11.7. The molecule has 0 aliphatic heterocycles. The van der Waals surface area contributed by atoms with E-state index in [-0.39, 0.29) is 5.75 Å². The smallest absolute Gasteiger partial charge is 0.244 e. The summed E-state index contributed by atoms with van der Waals surface area (Å²) in [6, 6.07) is 9.84. The topological polar surface area (TPSA) is 75.3 Å². The van der Waals surface area contributed by atoms with Crippen LogP contribution in [0.2, 0.25) is 5.02 Å². The highest BCUT2D eigenvalue weighted by atomic mass is 35.5. The number of carbonyl (C=O) groups excluding carboxylic acids is 1. The van der Waals surface area contributed by atoms with E-state index in [1.807, 2.05) is 0 Å². The molecule has 110 valence electrons. The third-order valence-electron chi connectivity index (χ3n) is 3.29. The van der Waals surface area contributed by atoms with E-state index in [0.29, 0.717) is 21.7 Å². The van der Waals surface area contributed by atoms with E-state index in [2.05, 4.69) is 5.32 Å². The molecule has 2 rings (SSSR count). The van der Waals surface area contributed by atoms with Crippen molar-refractivity contribution in [2.45, 2.75) is 19.9 Å². The molecule has 0 fully saturated rings. The molecule has 0 spiro atoms. The number of hydrogen-bond donors (Lipinski definition) is 3. The molecule has 0 aliphatic carbocycles. The zero-order valence-corrected chi connectivity index (χ0v) is 12.6. The number of benzene rings is 2. The fourth-order valence-corrected chi connectivity index (χ4v) is 2.31. The van der Waals surface area contributed by atoms with Gasteiger partial charge in [-0.2, -0.15) is 0 Å². The maximum atomic E-state index is 11.7. The number of hydrogen-bond acceptors (Lipinski definition) is 3. The van der Waals surface area contributed by atoms with Gasteiger partial charge in [-0.05, 0) is 66.9 Å². The Balaban J connectivity index is 2.35. The van der Waals surface area contributed by atoms with Crippen LogP contribution >= 0.6 is 11.6 Å². The fraction of sp³-hybridized carbons (Fsp3) is 0.188. The summed E-state index contributed by atoms with van der Waals surface area (Å²) in [5.41, 5.74) is 8.36. The van der Waals surface area contributed by atoms with Crippen LogP contribution in [0.25, 0.3) is 0 Å². The van der Waals surface area contributed by atoms with Gasteiger partial charge in [-0.3, -0.25) is 4.79 Å². The summed E-state index contributed by atoms with van der Waals surface area (Å²) in [7, 11) is 0. The number of amides is 1. The normalized spacial score (nSPS) is 12.0. The molecule has 4 nitrogen and oxygen atoms in total. The SMILES string of the molecule is Cc1cc(C(Nc2ccc(Cl)cc2)C(N)=O)cc(C)c1O. The van der Waals surface area contributed by atoms with Crippen molar-refractivity contribution >= 4 is 23.2 Å². The molecular formula is C16H17ClN2O2. The third kappa shape index (κ3) is 3.47. The van der Waals surface area contributed by atoms with Crippen molar-refractivity contribution in [3.05, 3.63) is 58.1 Å². The number of carbonyl (C=O) groups is 1. The van der Waals surface area contributed by atoms with E-state index in [0.717, 1.165) is 5.69 Å². The second kappa shape index (κ2) is 6.06. The first-order chi connectivity index (χ1) is 9.88. The van der Waals surface area contributed by atoms with Gasteiger partial charge in [0.2, 0.25) is 5.91 Å². The van der Waals surface area contributed by atoms with E-state index < -0.39 is 11.9 Å². The van der Waals surface area contributed by atoms with E-state index >= 15 is 0 Å². The Morgan fingerprint density at radius 1 is 1.19 bits per heavy atom. The van der Waals surface area contributed by atoms with Gasteiger partial charge in [-0.1, -0.05) is 11.6 Å². The van der Waals surface area contributed by atoms with Crippen LogP contribution in [0.3, 0.4) is 0 Å². The monoisotopic (exact) mass is 304 g/mol. The first-order valence-corrected chi connectivity index (χ1v) is 6.88. The zero-order chi connectivity index (χ0) is 15.6. The molecule has 0 bridgehead atoms. The number of aromatic hydroxyl groups is 1. The van der Waals surface area contributed by atoms with Crippen LogP contribution in [0.1, 0.15) is 22.7 Å². The van der Waals surface area contributed by atoms with Crippen molar-refractivity contribution in [1.82, 2.24) is 0 Å². The quantitative estimate of drug-likeness (QED) is 0.811. The van der Waals surface area contributed by atoms with Gasteiger partial charge in [0.1, 0.15) is 11.8 Å². The van der Waals surface area contributed by atoms with Crippen LogP contribution in [-0.4, -0.2) is 11.0 Å². The molecule has 0 saturated carbocycles. The van der Waals surface area contributed by atoms with Gasteiger partial charge in [0.05, 0.1) is 0 Å². The second-order valence-electron chi connectivity index (χ2n) is 4.99. The number of anilines is 1. The van der Waals surface area contributed by atoms with Crippen molar-refractivity contribution in [3.63, 3.8) is 0 Å². The Morgan fingerprint density at radius 2 is 1.71 bits per heavy atom. The Labute approximate surface area is 128 Å². The highest BCUT2D eigenvalue weighted by molar-refractivity contribution is 6.30. The van der Waals surface area contributed by atoms with E-state index in [1.165, 1.54) is 0 Å². The first kappa shape index (κ1) is 15.2. The Hall–Kier alpha value is -2.20. The second-order valence-corrected chi connectivity index (χ2v) is 5.43.